The highest BCUT2D eigenvalue weighted by Gasteiger charge is 2.31. The molecule has 0 spiro atoms. The predicted octanol–water partition coefficient (Wildman–Crippen LogP) is 4.74. The monoisotopic (exact) mass is 668 g/mol. The van der Waals surface area contributed by atoms with Crippen LogP contribution in [0.15, 0.2) is 49.1 Å². The lowest BCUT2D eigenvalue weighted by molar-refractivity contribution is 0.110. The van der Waals surface area contributed by atoms with Crippen molar-refractivity contribution in [2.45, 2.75) is 83.6 Å². The molecule has 3 aromatic rings. The highest BCUT2D eigenvalue weighted by Crippen LogP contribution is 2.32. The third kappa shape index (κ3) is 8.08. The number of aromatic nitrogens is 4. The minimum Gasteiger partial charge on any atom is -0.453 e. The summed E-state index contributed by atoms with van der Waals surface area (Å²) >= 11 is 0. The second-order valence-electron chi connectivity index (χ2n) is 13.4. The molecule has 0 radical (unpaired) electrons. The molecule has 7 rings (SSSR count). The van der Waals surface area contributed by atoms with Crippen LogP contribution in [0, 0.1) is 0 Å². The Labute approximate surface area is 288 Å². The van der Waals surface area contributed by atoms with Crippen LogP contribution in [0.2, 0.25) is 0 Å². The lowest BCUT2D eigenvalue weighted by atomic mass is 9.89. The Kier molecular flexibility index (Phi) is 11.1. The number of rotatable bonds is 4. The first kappa shape index (κ1) is 34.4. The number of hydrogen-bond donors (Lipinski definition) is 1. The van der Waals surface area contributed by atoms with Gasteiger partial charge in [0.25, 0.3) is 0 Å². The van der Waals surface area contributed by atoms with Crippen LogP contribution < -0.4 is 5.32 Å². The van der Waals surface area contributed by atoms with Gasteiger partial charge in [0.05, 0.1) is 43.5 Å². The number of hydrogen-bond acceptors (Lipinski definition) is 10. The molecule has 1 saturated heterocycles. The van der Waals surface area contributed by atoms with Gasteiger partial charge >= 0.3 is 12.2 Å². The minimum absolute atomic E-state index is 0.241. The van der Waals surface area contributed by atoms with E-state index in [4.69, 9.17) is 9.47 Å². The molecule has 0 aliphatic carbocycles. The van der Waals surface area contributed by atoms with E-state index in [0.29, 0.717) is 31.7 Å². The van der Waals surface area contributed by atoms with Crippen LogP contribution in [0.25, 0.3) is 5.57 Å². The first-order valence-corrected chi connectivity index (χ1v) is 17.4. The number of nitrogens with one attached hydrogen (secondary N) is 1. The van der Waals surface area contributed by atoms with Gasteiger partial charge < -0.3 is 24.6 Å². The van der Waals surface area contributed by atoms with Crippen molar-refractivity contribution >= 4 is 17.8 Å². The van der Waals surface area contributed by atoms with Crippen LogP contribution in [0.5, 0.6) is 0 Å². The van der Waals surface area contributed by atoms with Gasteiger partial charge in [0.1, 0.15) is 12.7 Å². The molecule has 1 aromatic carbocycles. The lowest BCUT2D eigenvalue weighted by Gasteiger charge is -2.35. The van der Waals surface area contributed by atoms with Gasteiger partial charge in [0.2, 0.25) is 0 Å². The number of carbonyl (C=O) groups excluding carboxylic acids is 2. The van der Waals surface area contributed by atoms with Crippen LogP contribution >= 0.6 is 0 Å². The standard InChI is InChI=1S/C22H26N4O2.C15H22N4O2/c1-16-11-20-19(14-26(16)12-17-7-4-3-5-8-17)21(24-15-23-20)18-9-6-10-25(13-18)22(27)28-2;1-10-6-13-12(7-16-10)14(18-9-17-13)11-4-3-5-19(8-11)15(20)21-2/h3-5,7-9,15-16H,6,10-14H2,1-2H3;9-11,16H,3-8H2,1-2H3/t16-;10-,11?/m11/s1. The topological polar surface area (TPSA) is 126 Å². The van der Waals surface area contributed by atoms with Gasteiger partial charge in [-0.15, -0.1) is 0 Å². The molecule has 4 aliphatic heterocycles. The highest BCUT2D eigenvalue weighted by atomic mass is 16.5. The van der Waals surface area contributed by atoms with Crippen LogP contribution in [0.1, 0.15) is 78.5 Å². The number of piperidine rings is 1. The Morgan fingerprint density at radius 2 is 1.61 bits per heavy atom. The number of likely N-dealkylation sites (tertiary alicyclic amines) is 1. The second-order valence-corrected chi connectivity index (χ2v) is 13.4. The fourth-order valence-corrected chi connectivity index (χ4v) is 7.38. The predicted molar refractivity (Wildman–Crippen MR) is 185 cm³/mol. The summed E-state index contributed by atoms with van der Waals surface area (Å²) in [6.07, 6.45) is 9.71. The lowest BCUT2D eigenvalue weighted by Crippen LogP contribution is -2.40. The third-order valence-corrected chi connectivity index (χ3v) is 10.1. The molecule has 12 nitrogen and oxygen atoms in total. The molecular formula is C37H48N8O4. The van der Waals surface area contributed by atoms with Crippen LogP contribution in [0.3, 0.4) is 0 Å². The Balaban J connectivity index is 0.000000177. The van der Waals surface area contributed by atoms with E-state index in [1.54, 1.807) is 22.5 Å². The summed E-state index contributed by atoms with van der Waals surface area (Å²) in [4.78, 5) is 47.8. The summed E-state index contributed by atoms with van der Waals surface area (Å²) in [5.41, 5.74) is 9.17. The summed E-state index contributed by atoms with van der Waals surface area (Å²) in [6, 6.07) is 11.4. The number of carbonyl (C=O) groups is 2. The number of ether oxygens (including phenoxy) is 2. The maximum Gasteiger partial charge on any atom is 0.409 e. The smallest absolute Gasteiger partial charge is 0.409 e. The van der Waals surface area contributed by atoms with Crippen molar-refractivity contribution < 1.29 is 19.1 Å². The molecule has 0 bridgehead atoms. The Morgan fingerprint density at radius 1 is 0.878 bits per heavy atom. The number of amides is 2. The Morgan fingerprint density at radius 3 is 2.39 bits per heavy atom. The first-order valence-electron chi connectivity index (χ1n) is 17.4. The normalized spacial score (nSPS) is 22.1. The molecule has 1 unspecified atom stereocenters. The zero-order valence-electron chi connectivity index (χ0n) is 29.1. The average molecular weight is 669 g/mol. The van der Waals surface area contributed by atoms with E-state index in [1.807, 2.05) is 6.07 Å². The van der Waals surface area contributed by atoms with Crippen molar-refractivity contribution in [1.82, 2.24) is 40.0 Å². The van der Waals surface area contributed by atoms with Gasteiger partial charge in [-0.05, 0) is 44.2 Å². The van der Waals surface area contributed by atoms with E-state index in [9.17, 15) is 9.59 Å². The Bertz CT molecular complexity index is 1650. The zero-order chi connectivity index (χ0) is 34.3. The van der Waals surface area contributed by atoms with E-state index >= 15 is 0 Å². The van der Waals surface area contributed by atoms with Crippen LogP contribution in [-0.4, -0.2) is 99.3 Å². The largest absolute Gasteiger partial charge is 0.453 e. The van der Waals surface area contributed by atoms with Gasteiger partial charge in [0.15, 0.2) is 0 Å². The second kappa shape index (κ2) is 15.9. The van der Waals surface area contributed by atoms with E-state index in [2.05, 4.69) is 74.3 Å². The molecule has 1 N–H and O–H groups in total. The average Bonchev–Trinajstić information content (AvgIpc) is 3.14. The molecule has 3 atom stereocenters. The van der Waals surface area contributed by atoms with E-state index in [1.165, 1.54) is 30.9 Å². The van der Waals surface area contributed by atoms with E-state index in [-0.39, 0.29) is 18.1 Å². The minimum atomic E-state index is -0.284. The summed E-state index contributed by atoms with van der Waals surface area (Å²) < 4.78 is 9.75. The van der Waals surface area contributed by atoms with Gasteiger partial charge in [-0.3, -0.25) is 4.90 Å². The molecule has 4 aliphatic rings. The van der Waals surface area contributed by atoms with Gasteiger partial charge in [-0.1, -0.05) is 36.4 Å². The van der Waals surface area contributed by atoms with Crippen LogP contribution in [0.4, 0.5) is 9.59 Å². The molecule has 12 heteroatoms. The van der Waals surface area contributed by atoms with Crippen molar-refractivity contribution in [3.05, 3.63) is 88.5 Å². The molecule has 1 fully saturated rings. The van der Waals surface area contributed by atoms with Crippen molar-refractivity contribution in [3.63, 3.8) is 0 Å². The summed E-state index contributed by atoms with van der Waals surface area (Å²) in [5, 5.41) is 3.48. The molecule has 0 saturated carbocycles. The fraction of sp³-hybridized carbons (Fsp3) is 0.514. The van der Waals surface area contributed by atoms with Crippen molar-refractivity contribution in [1.29, 1.82) is 0 Å². The maximum absolute atomic E-state index is 12.0. The molecular weight excluding hydrogens is 620 g/mol. The highest BCUT2D eigenvalue weighted by molar-refractivity contribution is 5.75. The molecule has 2 aromatic heterocycles. The summed E-state index contributed by atoms with van der Waals surface area (Å²) in [6.45, 7) is 9.64. The number of benzene rings is 1. The molecule has 6 heterocycles. The Hall–Kier alpha value is -4.42. The van der Waals surface area contributed by atoms with Crippen molar-refractivity contribution in [2.75, 3.05) is 40.4 Å². The maximum atomic E-state index is 12.0. The quantitative estimate of drug-likeness (QED) is 0.417. The van der Waals surface area contributed by atoms with E-state index in [0.717, 1.165) is 86.6 Å². The third-order valence-electron chi connectivity index (χ3n) is 10.1. The van der Waals surface area contributed by atoms with Gasteiger partial charge in [0, 0.05) is 81.2 Å². The fourth-order valence-electron chi connectivity index (χ4n) is 7.38. The number of methoxy groups -OCH3 is 2. The summed E-state index contributed by atoms with van der Waals surface area (Å²) in [5.74, 6) is 0.282. The number of fused-ring (bicyclic) bond motifs is 2. The molecule has 2 amide bonds. The van der Waals surface area contributed by atoms with Crippen LogP contribution in [-0.2, 0) is 41.9 Å². The first-order chi connectivity index (χ1) is 23.8. The van der Waals surface area contributed by atoms with Gasteiger partial charge in [-0.2, -0.15) is 0 Å². The zero-order valence-corrected chi connectivity index (χ0v) is 29.1. The van der Waals surface area contributed by atoms with Crippen molar-refractivity contribution in [2.24, 2.45) is 0 Å². The van der Waals surface area contributed by atoms with Crippen molar-refractivity contribution in [3.8, 4) is 0 Å². The van der Waals surface area contributed by atoms with E-state index < -0.39 is 0 Å². The number of nitrogens with zero attached hydrogens (tertiary/aromatic N) is 7. The SMILES string of the molecule is COC(=O)N1CCC=C(c2ncnc3c2CN(Cc2ccccc2)[C@H](C)C3)C1.COC(=O)N1CCCC(c2ncnc3c2CN[C@H](C)C3)C1. The summed E-state index contributed by atoms with van der Waals surface area (Å²) in [7, 11) is 2.86. The van der Waals surface area contributed by atoms with Gasteiger partial charge in [-0.25, -0.2) is 29.5 Å². The molecule has 49 heavy (non-hydrogen) atoms. The molecule has 260 valence electrons.